The standard InChI is InChI=1S/C27H26O2/c1-2-8-23-15-16-26(29-25-11-4-3-5-12-25)20-27(23)28-18-17-21-13-14-22-9-6-7-10-24(22)19-21/h3-7,9-16,19-20H,2,8,17-18H2,1H3. The van der Waals surface area contributed by atoms with Crippen molar-refractivity contribution in [3.05, 3.63) is 102 Å². The lowest BCUT2D eigenvalue weighted by Crippen LogP contribution is -2.04. The van der Waals surface area contributed by atoms with Gasteiger partial charge < -0.3 is 9.47 Å². The van der Waals surface area contributed by atoms with E-state index in [9.17, 15) is 0 Å². The Morgan fingerprint density at radius 3 is 2.28 bits per heavy atom. The Hall–Kier alpha value is -3.26. The second-order valence-electron chi connectivity index (χ2n) is 7.21. The maximum atomic E-state index is 6.20. The van der Waals surface area contributed by atoms with E-state index in [0.717, 1.165) is 36.5 Å². The largest absolute Gasteiger partial charge is 0.493 e. The van der Waals surface area contributed by atoms with Crippen molar-refractivity contribution in [2.45, 2.75) is 26.2 Å². The van der Waals surface area contributed by atoms with E-state index in [2.05, 4.69) is 55.5 Å². The lowest BCUT2D eigenvalue weighted by molar-refractivity contribution is 0.316. The van der Waals surface area contributed by atoms with Crippen LogP contribution in [0.3, 0.4) is 0 Å². The first-order chi connectivity index (χ1) is 14.3. The Labute approximate surface area is 172 Å². The van der Waals surface area contributed by atoms with Crippen LogP contribution < -0.4 is 9.47 Å². The molecule has 0 aliphatic rings. The molecule has 4 aromatic carbocycles. The van der Waals surface area contributed by atoms with Crippen LogP contribution in [0.2, 0.25) is 0 Å². The third-order valence-electron chi connectivity index (χ3n) is 5.00. The highest BCUT2D eigenvalue weighted by Crippen LogP contribution is 2.29. The Morgan fingerprint density at radius 1 is 0.655 bits per heavy atom. The minimum Gasteiger partial charge on any atom is -0.493 e. The molecule has 4 rings (SSSR count). The lowest BCUT2D eigenvalue weighted by atomic mass is 10.1. The molecule has 0 amide bonds. The van der Waals surface area contributed by atoms with Gasteiger partial charge >= 0.3 is 0 Å². The molecular weight excluding hydrogens is 356 g/mol. The SMILES string of the molecule is CCCc1ccc(Oc2ccccc2)cc1OCCc1ccc2ccccc2c1. The molecule has 0 aliphatic heterocycles. The fourth-order valence-electron chi connectivity index (χ4n) is 3.51. The molecule has 0 aromatic heterocycles. The highest BCUT2D eigenvalue weighted by atomic mass is 16.5. The number of fused-ring (bicyclic) bond motifs is 1. The number of aryl methyl sites for hydroxylation is 1. The van der Waals surface area contributed by atoms with Crippen molar-refractivity contribution >= 4 is 10.8 Å². The summed E-state index contributed by atoms with van der Waals surface area (Å²) < 4.78 is 12.2. The summed E-state index contributed by atoms with van der Waals surface area (Å²) in [5.41, 5.74) is 2.52. The van der Waals surface area contributed by atoms with Gasteiger partial charge in [-0.2, -0.15) is 0 Å². The van der Waals surface area contributed by atoms with E-state index in [1.165, 1.54) is 21.9 Å². The molecule has 4 aromatic rings. The first kappa shape index (κ1) is 19.1. The monoisotopic (exact) mass is 382 g/mol. The predicted octanol–water partition coefficient (Wildman–Crippen LogP) is 7.21. The number of hydrogen-bond donors (Lipinski definition) is 0. The van der Waals surface area contributed by atoms with Crippen molar-refractivity contribution in [1.82, 2.24) is 0 Å². The van der Waals surface area contributed by atoms with Gasteiger partial charge in [-0.1, -0.05) is 80.1 Å². The zero-order chi connectivity index (χ0) is 19.9. The third-order valence-corrected chi connectivity index (χ3v) is 5.00. The van der Waals surface area contributed by atoms with Gasteiger partial charge in [0.05, 0.1) is 6.61 Å². The normalized spacial score (nSPS) is 10.8. The van der Waals surface area contributed by atoms with E-state index in [-0.39, 0.29) is 0 Å². The van der Waals surface area contributed by atoms with Crippen molar-refractivity contribution < 1.29 is 9.47 Å². The van der Waals surface area contributed by atoms with Gasteiger partial charge in [0.1, 0.15) is 17.2 Å². The average Bonchev–Trinajstić information content (AvgIpc) is 2.76. The van der Waals surface area contributed by atoms with E-state index in [0.29, 0.717) is 6.61 Å². The zero-order valence-electron chi connectivity index (χ0n) is 16.8. The van der Waals surface area contributed by atoms with Crippen molar-refractivity contribution in [3.63, 3.8) is 0 Å². The van der Waals surface area contributed by atoms with Crippen molar-refractivity contribution in [1.29, 1.82) is 0 Å². The van der Waals surface area contributed by atoms with Crippen molar-refractivity contribution in [3.8, 4) is 17.2 Å². The molecule has 0 saturated heterocycles. The average molecular weight is 383 g/mol. The predicted molar refractivity (Wildman–Crippen MR) is 120 cm³/mol. The molecule has 146 valence electrons. The van der Waals surface area contributed by atoms with Crippen LogP contribution in [0.1, 0.15) is 24.5 Å². The van der Waals surface area contributed by atoms with Crippen molar-refractivity contribution in [2.24, 2.45) is 0 Å². The summed E-state index contributed by atoms with van der Waals surface area (Å²) in [6, 6.07) is 31.1. The van der Waals surface area contributed by atoms with E-state index < -0.39 is 0 Å². The Bertz CT molecular complexity index is 1070. The van der Waals surface area contributed by atoms with Gasteiger partial charge in [-0.25, -0.2) is 0 Å². The number of rotatable bonds is 8. The van der Waals surface area contributed by atoms with E-state index in [1.54, 1.807) is 0 Å². The first-order valence-electron chi connectivity index (χ1n) is 10.3. The van der Waals surface area contributed by atoms with Crippen molar-refractivity contribution in [2.75, 3.05) is 6.61 Å². The second kappa shape index (κ2) is 9.29. The molecule has 0 bridgehead atoms. The molecule has 29 heavy (non-hydrogen) atoms. The molecular formula is C27H26O2. The van der Waals surface area contributed by atoms with E-state index in [1.807, 2.05) is 42.5 Å². The van der Waals surface area contributed by atoms with E-state index in [4.69, 9.17) is 9.47 Å². The highest BCUT2D eigenvalue weighted by Gasteiger charge is 2.07. The molecule has 0 saturated carbocycles. The van der Waals surface area contributed by atoms with Crippen LogP contribution in [-0.2, 0) is 12.8 Å². The lowest BCUT2D eigenvalue weighted by Gasteiger charge is -2.14. The van der Waals surface area contributed by atoms with Gasteiger partial charge in [0.2, 0.25) is 0 Å². The summed E-state index contributed by atoms with van der Waals surface area (Å²) in [6.07, 6.45) is 2.96. The molecule has 2 nitrogen and oxygen atoms in total. The topological polar surface area (TPSA) is 18.5 Å². The summed E-state index contributed by atoms with van der Waals surface area (Å²) in [5, 5.41) is 2.54. The molecule has 0 spiro atoms. The number of benzene rings is 4. The minimum absolute atomic E-state index is 0.643. The summed E-state index contributed by atoms with van der Waals surface area (Å²) in [6.45, 7) is 2.83. The van der Waals surface area contributed by atoms with Crippen LogP contribution in [0, 0.1) is 0 Å². The second-order valence-corrected chi connectivity index (χ2v) is 7.21. The molecule has 2 heteroatoms. The van der Waals surface area contributed by atoms with Crippen LogP contribution in [0.5, 0.6) is 17.2 Å². The number of para-hydroxylation sites is 1. The Balaban J connectivity index is 1.46. The van der Waals surface area contributed by atoms with Crippen LogP contribution in [0.25, 0.3) is 10.8 Å². The quantitative estimate of drug-likeness (QED) is 0.321. The van der Waals surface area contributed by atoms with Gasteiger partial charge in [-0.05, 0) is 46.5 Å². The maximum absolute atomic E-state index is 6.20. The fraction of sp³-hybridized carbons (Fsp3) is 0.185. The van der Waals surface area contributed by atoms with Gasteiger partial charge in [0.25, 0.3) is 0 Å². The molecule has 0 unspecified atom stereocenters. The molecule has 0 atom stereocenters. The maximum Gasteiger partial charge on any atom is 0.131 e. The number of ether oxygens (including phenoxy) is 2. The van der Waals surface area contributed by atoms with Crippen LogP contribution >= 0.6 is 0 Å². The summed E-state index contributed by atoms with van der Waals surface area (Å²) in [5.74, 6) is 2.55. The molecule has 0 aliphatic carbocycles. The third kappa shape index (κ3) is 4.97. The Morgan fingerprint density at radius 2 is 1.45 bits per heavy atom. The highest BCUT2D eigenvalue weighted by molar-refractivity contribution is 5.82. The summed E-state index contributed by atoms with van der Waals surface area (Å²) in [7, 11) is 0. The molecule has 0 heterocycles. The van der Waals surface area contributed by atoms with Gasteiger partial charge in [-0.15, -0.1) is 0 Å². The van der Waals surface area contributed by atoms with Gasteiger partial charge in [0.15, 0.2) is 0 Å². The zero-order valence-corrected chi connectivity index (χ0v) is 16.8. The van der Waals surface area contributed by atoms with E-state index >= 15 is 0 Å². The molecule has 0 N–H and O–H groups in total. The number of hydrogen-bond acceptors (Lipinski definition) is 2. The van der Waals surface area contributed by atoms with Crippen LogP contribution in [-0.4, -0.2) is 6.61 Å². The van der Waals surface area contributed by atoms with Gasteiger partial charge in [-0.3, -0.25) is 0 Å². The fourth-order valence-corrected chi connectivity index (χ4v) is 3.51. The van der Waals surface area contributed by atoms with Crippen LogP contribution in [0.15, 0.2) is 91.0 Å². The smallest absolute Gasteiger partial charge is 0.131 e. The molecule has 0 radical (unpaired) electrons. The minimum atomic E-state index is 0.643. The summed E-state index contributed by atoms with van der Waals surface area (Å²) in [4.78, 5) is 0. The first-order valence-corrected chi connectivity index (χ1v) is 10.3. The molecule has 0 fully saturated rings. The van der Waals surface area contributed by atoms with Crippen LogP contribution in [0.4, 0.5) is 0 Å². The van der Waals surface area contributed by atoms with Gasteiger partial charge in [0, 0.05) is 12.5 Å². The summed E-state index contributed by atoms with van der Waals surface area (Å²) >= 11 is 0. The Kier molecular flexibility index (Phi) is 6.11.